The zero-order valence-electron chi connectivity index (χ0n) is 17.8. The lowest BCUT2D eigenvalue weighted by Crippen LogP contribution is -2.43. The number of nitrogens with one attached hydrogen (secondary N) is 2. The van der Waals surface area contributed by atoms with E-state index in [2.05, 4.69) is 59.1 Å². The van der Waals surface area contributed by atoms with E-state index in [-0.39, 0.29) is 24.0 Å². The van der Waals surface area contributed by atoms with Crippen molar-refractivity contribution >= 4 is 29.9 Å². The Morgan fingerprint density at radius 2 is 2.15 bits per heavy atom. The van der Waals surface area contributed by atoms with Crippen LogP contribution in [0.5, 0.6) is 0 Å². The van der Waals surface area contributed by atoms with Crippen molar-refractivity contribution in [1.29, 1.82) is 0 Å². The van der Waals surface area contributed by atoms with Gasteiger partial charge < -0.3 is 10.6 Å². The molecule has 7 heteroatoms. The molecule has 27 heavy (non-hydrogen) atoms. The lowest BCUT2D eigenvalue weighted by molar-refractivity contribution is 0.142. The first-order valence-corrected chi connectivity index (χ1v) is 10.3. The molecule has 1 fully saturated rings. The number of hydrogen-bond acceptors (Lipinski definition) is 3. The second-order valence-electron chi connectivity index (χ2n) is 7.74. The minimum Gasteiger partial charge on any atom is -0.357 e. The van der Waals surface area contributed by atoms with E-state index in [0.717, 1.165) is 50.2 Å². The summed E-state index contributed by atoms with van der Waals surface area (Å²) < 4.78 is 2.08. The molecule has 156 valence electrons. The van der Waals surface area contributed by atoms with Crippen LogP contribution in [0, 0.1) is 19.8 Å². The number of piperidine rings is 1. The molecule has 0 bridgehead atoms. The molecular weight excluding hydrogens is 451 g/mol. The van der Waals surface area contributed by atoms with Crippen LogP contribution in [0.2, 0.25) is 0 Å². The molecule has 2 atom stereocenters. The lowest BCUT2D eigenvalue weighted by Gasteiger charge is -2.35. The summed E-state index contributed by atoms with van der Waals surface area (Å²) in [5, 5.41) is 11.3. The molecule has 1 aromatic heterocycles. The van der Waals surface area contributed by atoms with Crippen LogP contribution in [-0.2, 0) is 6.54 Å². The Morgan fingerprint density at radius 3 is 2.78 bits per heavy atom. The molecule has 1 aliphatic heterocycles. The Bertz CT molecular complexity index is 571. The minimum atomic E-state index is 0. The fourth-order valence-corrected chi connectivity index (χ4v) is 3.64. The van der Waals surface area contributed by atoms with E-state index in [1.807, 2.05) is 6.92 Å². The topological polar surface area (TPSA) is 57.5 Å². The summed E-state index contributed by atoms with van der Waals surface area (Å²) >= 11 is 0. The van der Waals surface area contributed by atoms with Crippen LogP contribution in [0.15, 0.2) is 11.1 Å². The smallest absolute Gasteiger partial charge is 0.191 e. The second kappa shape index (κ2) is 12.6. The maximum absolute atomic E-state index is 4.81. The summed E-state index contributed by atoms with van der Waals surface area (Å²) in [6, 6.07) is 2.63. The average molecular weight is 490 g/mol. The zero-order valence-corrected chi connectivity index (χ0v) is 20.1. The van der Waals surface area contributed by atoms with Gasteiger partial charge in [-0.25, -0.2) is 0 Å². The van der Waals surface area contributed by atoms with Gasteiger partial charge in [-0.3, -0.25) is 14.6 Å². The molecular formula is C20H39IN6. The highest BCUT2D eigenvalue weighted by Gasteiger charge is 2.20. The first-order valence-electron chi connectivity index (χ1n) is 10.3. The number of nitrogens with zero attached hydrogens (tertiary/aromatic N) is 4. The largest absolute Gasteiger partial charge is 0.357 e. The number of hydrogen-bond donors (Lipinski definition) is 2. The third-order valence-corrected chi connectivity index (χ3v) is 5.11. The second-order valence-corrected chi connectivity index (χ2v) is 7.74. The Kier molecular flexibility index (Phi) is 11.3. The molecule has 0 radical (unpaired) electrons. The number of aromatic nitrogens is 2. The van der Waals surface area contributed by atoms with Crippen molar-refractivity contribution in [2.75, 3.05) is 32.7 Å². The number of likely N-dealkylation sites (tertiary alicyclic amines) is 1. The molecule has 0 spiro atoms. The molecule has 0 aromatic carbocycles. The number of rotatable bonds is 8. The lowest BCUT2D eigenvalue weighted by atomic mass is 9.99. The van der Waals surface area contributed by atoms with Gasteiger partial charge in [0, 0.05) is 37.9 Å². The highest BCUT2D eigenvalue weighted by atomic mass is 127. The summed E-state index contributed by atoms with van der Waals surface area (Å²) in [5.74, 6) is 1.74. The summed E-state index contributed by atoms with van der Waals surface area (Å²) in [7, 11) is 0. The molecule has 0 aliphatic carbocycles. The Labute approximate surface area is 182 Å². The predicted octanol–water partition coefficient (Wildman–Crippen LogP) is 3.18. The predicted molar refractivity (Wildman–Crippen MR) is 125 cm³/mol. The van der Waals surface area contributed by atoms with E-state index < -0.39 is 0 Å². The molecule has 1 aliphatic rings. The monoisotopic (exact) mass is 490 g/mol. The van der Waals surface area contributed by atoms with Gasteiger partial charge >= 0.3 is 0 Å². The Hall–Kier alpha value is -0.830. The Morgan fingerprint density at radius 1 is 1.37 bits per heavy atom. The van der Waals surface area contributed by atoms with Crippen molar-refractivity contribution in [3.8, 4) is 0 Å². The summed E-state index contributed by atoms with van der Waals surface area (Å²) in [5.41, 5.74) is 2.32. The van der Waals surface area contributed by atoms with Crippen LogP contribution in [-0.4, -0.2) is 59.4 Å². The van der Waals surface area contributed by atoms with Crippen LogP contribution >= 0.6 is 24.0 Å². The van der Waals surface area contributed by atoms with E-state index in [1.165, 1.54) is 31.6 Å². The standard InChI is InChI=1S/C20H38N6.HI/c1-6-21-20(22-10-8-12-26-18(4)13-17(3)24-26)23-14-19(5)25-11-7-9-16(2)15-25;/h13,16,19H,6-12,14-15H2,1-5H3,(H2,21,22,23);1H. The van der Waals surface area contributed by atoms with Gasteiger partial charge in [0.1, 0.15) is 0 Å². The van der Waals surface area contributed by atoms with Crippen LogP contribution < -0.4 is 10.6 Å². The van der Waals surface area contributed by atoms with Crippen molar-refractivity contribution in [3.63, 3.8) is 0 Å². The van der Waals surface area contributed by atoms with Gasteiger partial charge in [-0.05, 0) is 65.5 Å². The quantitative estimate of drug-likeness (QED) is 0.255. The highest BCUT2D eigenvalue weighted by molar-refractivity contribution is 14.0. The molecule has 2 heterocycles. The van der Waals surface area contributed by atoms with Crippen molar-refractivity contribution in [3.05, 3.63) is 17.5 Å². The highest BCUT2D eigenvalue weighted by Crippen LogP contribution is 2.17. The van der Waals surface area contributed by atoms with Crippen LogP contribution in [0.4, 0.5) is 0 Å². The van der Waals surface area contributed by atoms with Crippen molar-refractivity contribution in [2.24, 2.45) is 10.9 Å². The molecule has 1 aromatic rings. The maximum atomic E-state index is 4.81. The fraction of sp³-hybridized carbons (Fsp3) is 0.800. The first kappa shape index (κ1) is 24.2. The summed E-state index contributed by atoms with van der Waals surface area (Å²) in [6.45, 7) is 16.9. The molecule has 0 saturated carbocycles. The molecule has 2 N–H and O–H groups in total. The number of halogens is 1. The van der Waals surface area contributed by atoms with Gasteiger partial charge in [-0.2, -0.15) is 5.10 Å². The van der Waals surface area contributed by atoms with Crippen molar-refractivity contribution in [2.45, 2.75) is 66.5 Å². The van der Waals surface area contributed by atoms with Crippen LogP contribution in [0.25, 0.3) is 0 Å². The summed E-state index contributed by atoms with van der Waals surface area (Å²) in [6.07, 6.45) is 3.72. The van der Waals surface area contributed by atoms with E-state index in [0.29, 0.717) is 6.04 Å². The minimum absolute atomic E-state index is 0. The molecule has 1 saturated heterocycles. The van der Waals surface area contributed by atoms with Crippen molar-refractivity contribution < 1.29 is 0 Å². The third kappa shape index (κ3) is 8.37. The third-order valence-electron chi connectivity index (χ3n) is 5.11. The zero-order chi connectivity index (χ0) is 18.9. The number of guanidine groups is 1. The van der Waals surface area contributed by atoms with E-state index >= 15 is 0 Å². The number of aliphatic imine (C=N–C) groups is 1. The van der Waals surface area contributed by atoms with E-state index in [4.69, 9.17) is 4.99 Å². The van der Waals surface area contributed by atoms with E-state index in [1.54, 1.807) is 0 Å². The Balaban J connectivity index is 0.00000364. The molecule has 0 amide bonds. The van der Waals surface area contributed by atoms with Crippen molar-refractivity contribution in [1.82, 2.24) is 25.3 Å². The summed E-state index contributed by atoms with van der Waals surface area (Å²) in [4.78, 5) is 7.40. The first-order chi connectivity index (χ1) is 12.5. The SMILES string of the molecule is CCNC(=NCC(C)N1CCCC(C)C1)NCCCn1nc(C)cc1C.I. The van der Waals surface area contributed by atoms with Crippen LogP contribution in [0.1, 0.15) is 51.4 Å². The molecule has 6 nitrogen and oxygen atoms in total. The van der Waals surface area contributed by atoms with Gasteiger partial charge in [0.2, 0.25) is 0 Å². The molecule has 2 unspecified atom stereocenters. The van der Waals surface area contributed by atoms with Gasteiger partial charge in [0.25, 0.3) is 0 Å². The van der Waals surface area contributed by atoms with Gasteiger partial charge in [0.05, 0.1) is 12.2 Å². The maximum Gasteiger partial charge on any atom is 0.191 e. The van der Waals surface area contributed by atoms with Crippen LogP contribution in [0.3, 0.4) is 0 Å². The van der Waals surface area contributed by atoms with Gasteiger partial charge in [-0.15, -0.1) is 24.0 Å². The molecule has 2 rings (SSSR count). The van der Waals surface area contributed by atoms with E-state index in [9.17, 15) is 0 Å². The number of aryl methyl sites for hydroxylation is 3. The average Bonchev–Trinajstić information content (AvgIpc) is 2.93. The van der Waals surface area contributed by atoms with Gasteiger partial charge in [0.15, 0.2) is 5.96 Å². The fourth-order valence-electron chi connectivity index (χ4n) is 3.64. The normalized spacial score (nSPS) is 19.4. The van der Waals surface area contributed by atoms with Gasteiger partial charge in [-0.1, -0.05) is 6.92 Å².